The second kappa shape index (κ2) is 8.93. The van der Waals surface area contributed by atoms with E-state index >= 15 is 0 Å². The lowest BCUT2D eigenvalue weighted by atomic mass is 10.1. The molecule has 1 rings (SSSR count). The lowest BCUT2D eigenvalue weighted by Crippen LogP contribution is -2.31. The maximum absolute atomic E-state index is 3.58. The third-order valence-electron chi connectivity index (χ3n) is 3.69. The average Bonchev–Trinajstić information content (AvgIpc) is 3.15. The van der Waals surface area contributed by atoms with E-state index in [0.717, 1.165) is 6.04 Å². The highest BCUT2D eigenvalue weighted by atomic mass is 15.2. The third-order valence-corrected chi connectivity index (χ3v) is 3.69. The van der Waals surface area contributed by atoms with Crippen LogP contribution in [0.4, 0.5) is 0 Å². The summed E-state index contributed by atoms with van der Waals surface area (Å²) in [5, 5.41) is 3.58. The second-order valence-corrected chi connectivity index (χ2v) is 5.62. The summed E-state index contributed by atoms with van der Waals surface area (Å²) in [7, 11) is 0. The van der Waals surface area contributed by atoms with E-state index in [4.69, 9.17) is 0 Å². The molecule has 0 bridgehead atoms. The summed E-state index contributed by atoms with van der Waals surface area (Å²) in [6.07, 6.45) is 9.54. The van der Waals surface area contributed by atoms with Gasteiger partial charge in [0.05, 0.1) is 0 Å². The van der Waals surface area contributed by atoms with Crippen LogP contribution in [0.1, 0.15) is 65.7 Å². The Balaban J connectivity index is 2.05. The highest BCUT2D eigenvalue weighted by molar-refractivity contribution is 4.84. The number of unbranched alkanes of at least 4 members (excludes halogenated alkanes) is 1. The lowest BCUT2D eigenvalue weighted by molar-refractivity contribution is 0.250. The molecule has 1 aliphatic carbocycles. The van der Waals surface area contributed by atoms with E-state index in [2.05, 4.69) is 31.0 Å². The smallest absolute Gasteiger partial charge is 0.00964 e. The van der Waals surface area contributed by atoms with Crippen molar-refractivity contribution >= 4 is 0 Å². The summed E-state index contributed by atoms with van der Waals surface area (Å²) in [5.41, 5.74) is 0. The lowest BCUT2D eigenvalue weighted by Gasteiger charge is -2.22. The molecule has 0 aromatic rings. The normalized spacial score (nSPS) is 17.6. The van der Waals surface area contributed by atoms with E-state index in [0.29, 0.717) is 6.04 Å². The Morgan fingerprint density at radius 1 is 1.12 bits per heavy atom. The molecule has 0 aromatic carbocycles. The first-order chi connectivity index (χ1) is 8.27. The molecule has 1 N–H and O–H groups in total. The van der Waals surface area contributed by atoms with Gasteiger partial charge < -0.3 is 10.2 Å². The Labute approximate surface area is 108 Å². The molecule has 0 amide bonds. The van der Waals surface area contributed by atoms with E-state index in [-0.39, 0.29) is 0 Å². The summed E-state index contributed by atoms with van der Waals surface area (Å²) >= 11 is 0. The Hall–Kier alpha value is -0.0800. The maximum Gasteiger partial charge on any atom is 0.00964 e. The van der Waals surface area contributed by atoms with Crippen molar-refractivity contribution in [2.24, 2.45) is 0 Å². The first-order valence-corrected chi connectivity index (χ1v) is 7.75. The Kier molecular flexibility index (Phi) is 7.87. The van der Waals surface area contributed by atoms with Crippen LogP contribution >= 0.6 is 0 Å². The van der Waals surface area contributed by atoms with Gasteiger partial charge in [-0.25, -0.2) is 0 Å². The molecule has 2 nitrogen and oxygen atoms in total. The molecule has 0 spiro atoms. The number of nitrogens with zero attached hydrogens (tertiary/aromatic N) is 1. The van der Waals surface area contributed by atoms with Crippen LogP contribution in [0.15, 0.2) is 0 Å². The SMILES string of the molecule is CCCCN(CCCC(C)NCCC)C1CC1. The fraction of sp³-hybridized carbons (Fsp3) is 1.00. The molecule has 0 saturated heterocycles. The Morgan fingerprint density at radius 2 is 1.82 bits per heavy atom. The minimum atomic E-state index is 0.696. The van der Waals surface area contributed by atoms with Crippen molar-refractivity contribution in [1.29, 1.82) is 0 Å². The van der Waals surface area contributed by atoms with Crippen molar-refractivity contribution in [2.75, 3.05) is 19.6 Å². The largest absolute Gasteiger partial charge is 0.314 e. The summed E-state index contributed by atoms with van der Waals surface area (Å²) in [4.78, 5) is 2.73. The minimum absolute atomic E-state index is 0.696. The molecular weight excluding hydrogens is 208 g/mol. The van der Waals surface area contributed by atoms with Crippen molar-refractivity contribution in [1.82, 2.24) is 10.2 Å². The van der Waals surface area contributed by atoms with Gasteiger partial charge in [-0.2, -0.15) is 0 Å². The quantitative estimate of drug-likeness (QED) is 0.595. The van der Waals surface area contributed by atoms with Gasteiger partial charge in [-0.1, -0.05) is 20.3 Å². The predicted octanol–water partition coefficient (Wildman–Crippen LogP) is 3.42. The highest BCUT2D eigenvalue weighted by Crippen LogP contribution is 2.27. The van der Waals surface area contributed by atoms with Crippen molar-refractivity contribution in [3.63, 3.8) is 0 Å². The molecule has 0 aliphatic heterocycles. The van der Waals surface area contributed by atoms with E-state index in [1.54, 1.807) is 0 Å². The van der Waals surface area contributed by atoms with Crippen molar-refractivity contribution in [3.05, 3.63) is 0 Å². The predicted molar refractivity (Wildman–Crippen MR) is 76.5 cm³/mol. The van der Waals surface area contributed by atoms with Crippen LogP contribution in [0.2, 0.25) is 0 Å². The van der Waals surface area contributed by atoms with Gasteiger partial charge in [0.15, 0.2) is 0 Å². The van der Waals surface area contributed by atoms with Crippen LogP contribution in [0.25, 0.3) is 0 Å². The van der Waals surface area contributed by atoms with Gasteiger partial charge in [-0.05, 0) is 65.1 Å². The van der Waals surface area contributed by atoms with Gasteiger partial charge in [0.1, 0.15) is 0 Å². The zero-order chi connectivity index (χ0) is 12.5. The third kappa shape index (κ3) is 7.05. The van der Waals surface area contributed by atoms with E-state index in [1.165, 1.54) is 64.6 Å². The topological polar surface area (TPSA) is 15.3 Å². The molecule has 1 atom stereocenters. The fourth-order valence-corrected chi connectivity index (χ4v) is 2.37. The van der Waals surface area contributed by atoms with Crippen molar-refractivity contribution < 1.29 is 0 Å². The van der Waals surface area contributed by atoms with Crippen LogP contribution in [0.5, 0.6) is 0 Å². The van der Waals surface area contributed by atoms with Gasteiger partial charge in [-0.15, -0.1) is 0 Å². The van der Waals surface area contributed by atoms with Crippen LogP contribution in [0.3, 0.4) is 0 Å². The van der Waals surface area contributed by atoms with Crippen LogP contribution in [0, 0.1) is 0 Å². The molecule has 1 saturated carbocycles. The van der Waals surface area contributed by atoms with Crippen molar-refractivity contribution in [3.8, 4) is 0 Å². The van der Waals surface area contributed by atoms with Gasteiger partial charge in [0.2, 0.25) is 0 Å². The number of rotatable bonds is 11. The highest BCUT2D eigenvalue weighted by Gasteiger charge is 2.27. The average molecular weight is 240 g/mol. The zero-order valence-corrected chi connectivity index (χ0v) is 12.2. The molecule has 0 aromatic heterocycles. The first kappa shape index (κ1) is 15.0. The van der Waals surface area contributed by atoms with Gasteiger partial charge in [0.25, 0.3) is 0 Å². The minimum Gasteiger partial charge on any atom is -0.314 e. The number of hydrogen-bond acceptors (Lipinski definition) is 2. The maximum atomic E-state index is 3.58. The van der Waals surface area contributed by atoms with Gasteiger partial charge >= 0.3 is 0 Å². The molecule has 0 radical (unpaired) electrons. The summed E-state index contributed by atoms with van der Waals surface area (Å²) in [5.74, 6) is 0. The summed E-state index contributed by atoms with van der Waals surface area (Å²) in [6.45, 7) is 10.7. The zero-order valence-electron chi connectivity index (χ0n) is 12.2. The van der Waals surface area contributed by atoms with Crippen LogP contribution in [-0.2, 0) is 0 Å². The monoisotopic (exact) mass is 240 g/mol. The summed E-state index contributed by atoms with van der Waals surface area (Å²) < 4.78 is 0. The molecule has 2 heteroatoms. The van der Waals surface area contributed by atoms with E-state index < -0.39 is 0 Å². The summed E-state index contributed by atoms with van der Waals surface area (Å²) in [6, 6.07) is 1.64. The first-order valence-electron chi connectivity index (χ1n) is 7.75. The Morgan fingerprint density at radius 3 is 2.41 bits per heavy atom. The van der Waals surface area contributed by atoms with Crippen molar-refractivity contribution in [2.45, 2.75) is 77.8 Å². The molecule has 1 unspecified atom stereocenters. The van der Waals surface area contributed by atoms with Gasteiger partial charge in [-0.3, -0.25) is 0 Å². The molecule has 1 fully saturated rings. The van der Waals surface area contributed by atoms with Gasteiger partial charge in [0, 0.05) is 12.1 Å². The fourth-order valence-electron chi connectivity index (χ4n) is 2.37. The van der Waals surface area contributed by atoms with E-state index in [9.17, 15) is 0 Å². The number of nitrogens with one attached hydrogen (secondary N) is 1. The Bertz CT molecular complexity index is 178. The number of hydrogen-bond donors (Lipinski definition) is 1. The molecular formula is C15H32N2. The molecule has 1 aliphatic rings. The van der Waals surface area contributed by atoms with E-state index in [1.807, 2.05) is 0 Å². The van der Waals surface area contributed by atoms with Crippen LogP contribution < -0.4 is 5.32 Å². The standard InChI is InChI=1S/C15H32N2/c1-4-6-12-17(15-9-10-15)13-7-8-14(3)16-11-5-2/h14-16H,4-13H2,1-3H3. The molecule has 102 valence electrons. The molecule has 17 heavy (non-hydrogen) atoms. The molecule has 0 heterocycles. The second-order valence-electron chi connectivity index (χ2n) is 5.62. The van der Waals surface area contributed by atoms with Crippen LogP contribution in [-0.4, -0.2) is 36.6 Å².